The maximum absolute atomic E-state index is 14.4. The van der Waals surface area contributed by atoms with Crippen LogP contribution in [-0.4, -0.2) is 86.7 Å². The number of hydrogen-bond donors (Lipinski definition) is 2. The van der Waals surface area contributed by atoms with Crippen molar-refractivity contribution < 1.29 is 32.6 Å². The number of nitrogens with zero attached hydrogens (tertiary/aromatic N) is 2. The molecule has 2 aromatic carbocycles. The van der Waals surface area contributed by atoms with E-state index in [2.05, 4.69) is 4.72 Å². The fourth-order valence-corrected chi connectivity index (χ4v) is 7.45. The Morgan fingerprint density at radius 1 is 1.04 bits per heavy atom. The number of hydrogen-bond acceptors (Lipinski definition) is 7. The average molecular weight is 672 g/mol. The number of rotatable bonds is 8. The van der Waals surface area contributed by atoms with E-state index in [1.165, 1.54) is 24.6 Å². The molecule has 1 aliphatic heterocycles. The van der Waals surface area contributed by atoms with Gasteiger partial charge in [0.05, 0.1) is 35.3 Å². The van der Waals surface area contributed by atoms with E-state index in [0.29, 0.717) is 18.9 Å². The molecule has 2 N–H and O–H groups in total. The van der Waals surface area contributed by atoms with Crippen molar-refractivity contribution in [2.45, 2.75) is 102 Å². The van der Waals surface area contributed by atoms with Crippen LogP contribution in [0.5, 0.6) is 5.75 Å². The van der Waals surface area contributed by atoms with Gasteiger partial charge in [0, 0.05) is 44.3 Å². The Bertz CT molecular complexity index is 1440. The molecule has 0 saturated heterocycles. The van der Waals surface area contributed by atoms with Crippen molar-refractivity contribution in [3.05, 3.63) is 53.6 Å². The molecule has 47 heavy (non-hydrogen) atoms. The molecule has 0 unspecified atom stereocenters. The number of aryl methyl sites for hydroxylation is 1. The lowest BCUT2D eigenvalue weighted by Crippen LogP contribution is -2.48. The van der Waals surface area contributed by atoms with Gasteiger partial charge in [-0.3, -0.25) is 14.3 Å². The van der Waals surface area contributed by atoms with Gasteiger partial charge in [0.2, 0.25) is 5.91 Å². The minimum absolute atomic E-state index is 0.0469. The molecule has 11 heteroatoms. The number of carbonyl (C=O) groups excluding carboxylic acids is 2. The van der Waals surface area contributed by atoms with Crippen LogP contribution in [0.2, 0.25) is 0 Å². The molecule has 1 heterocycles. The summed E-state index contributed by atoms with van der Waals surface area (Å²) in [4.78, 5) is 31.2. The summed E-state index contributed by atoms with van der Waals surface area (Å²) in [6, 6.07) is 10.7. The van der Waals surface area contributed by atoms with Crippen molar-refractivity contribution in [2.75, 3.05) is 38.1 Å². The first kappa shape index (κ1) is 36.7. The predicted octanol–water partition coefficient (Wildman–Crippen LogP) is 5.63. The lowest BCUT2D eigenvalue weighted by atomic mass is 9.88. The first-order valence-electron chi connectivity index (χ1n) is 17.1. The molecule has 4 atom stereocenters. The van der Waals surface area contributed by atoms with Gasteiger partial charge in [-0.2, -0.15) is 0 Å². The number of sulfonamides is 1. The fraction of sp³-hybridized carbons (Fsp3) is 0.611. The van der Waals surface area contributed by atoms with Crippen molar-refractivity contribution in [2.24, 2.45) is 11.8 Å². The van der Waals surface area contributed by atoms with Gasteiger partial charge in [0.1, 0.15) is 5.75 Å². The van der Waals surface area contributed by atoms with Gasteiger partial charge in [0.15, 0.2) is 0 Å². The molecule has 0 radical (unpaired) electrons. The van der Waals surface area contributed by atoms with Gasteiger partial charge < -0.3 is 24.4 Å². The van der Waals surface area contributed by atoms with Gasteiger partial charge in [-0.1, -0.05) is 43.9 Å². The van der Waals surface area contributed by atoms with Crippen LogP contribution >= 0.6 is 0 Å². The molecule has 10 nitrogen and oxygen atoms in total. The number of ether oxygens (including phenoxy) is 2. The van der Waals surface area contributed by atoms with E-state index >= 15 is 0 Å². The predicted molar refractivity (Wildman–Crippen MR) is 183 cm³/mol. The first-order valence-corrected chi connectivity index (χ1v) is 18.6. The van der Waals surface area contributed by atoms with E-state index < -0.39 is 16.1 Å². The lowest BCUT2D eigenvalue weighted by Gasteiger charge is -2.36. The Balaban J connectivity index is 1.64. The van der Waals surface area contributed by atoms with Crippen molar-refractivity contribution in [3.63, 3.8) is 0 Å². The van der Waals surface area contributed by atoms with Crippen molar-refractivity contribution in [3.8, 4) is 5.75 Å². The maximum Gasteiger partial charge on any atom is 0.261 e. The molecule has 1 fully saturated rings. The van der Waals surface area contributed by atoms with Crippen LogP contribution in [-0.2, 0) is 19.6 Å². The van der Waals surface area contributed by atoms with Crippen LogP contribution in [0.25, 0.3) is 0 Å². The van der Waals surface area contributed by atoms with Gasteiger partial charge in [-0.25, -0.2) is 8.42 Å². The number of anilines is 1. The van der Waals surface area contributed by atoms with E-state index in [9.17, 15) is 23.1 Å². The van der Waals surface area contributed by atoms with E-state index in [1.54, 1.807) is 41.0 Å². The standard InChI is InChI=1S/C36H53N3O7S/c1-25-14-17-31(18-15-25)47(43,44)37-30-16-19-33-32(21-30)36(42)39(27(3)24-40)22-26(2)34(45-20-10-9-11-28(4)46-33)23-38(5)35(41)29-12-7-6-8-13-29/h14-19,21,26-29,34,37,40H,6-13,20,22-24H2,1-5H3/t26-,27+,28-,34-/m0/s1. The summed E-state index contributed by atoms with van der Waals surface area (Å²) >= 11 is 0. The molecule has 2 amide bonds. The molecular weight excluding hydrogens is 618 g/mol. The summed E-state index contributed by atoms with van der Waals surface area (Å²) in [5, 5.41) is 10.2. The number of nitrogens with one attached hydrogen (secondary N) is 1. The summed E-state index contributed by atoms with van der Waals surface area (Å²) in [7, 11) is -2.08. The maximum atomic E-state index is 14.4. The van der Waals surface area contributed by atoms with Crippen LogP contribution in [0.3, 0.4) is 0 Å². The SMILES string of the molecule is Cc1ccc(S(=O)(=O)Nc2ccc3c(c2)C(=O)N([C@H](C)CO)C[C@H](C)[C@H](CN(C)C(=O)C2CCCCC2)OCCCC[C@H](C)O3)cc1. The summed E-state index contributed by atoms with van der Waals surface area (Å²) < 4.78 is 41.7. The summed E-state index contributed by atoms with van der Waals surface area (Å²) in [6.45, 7) is 8.53. The van der Waals surface area contributed by atoms with Crippen LogP contribution in [0.15, 0.2) is 47.4 Å². The lowest BCUT2D eigenvalue weighted by molar-refractivity contribution is -0.137. The zero-order valence-electron chi connectivity index (χ0n) is 28.6. The highest BCUT2D eigenvalue weighted by atomic mass is 32.2. The second-order valence-corrected chi connectivity index (χ2v) is 15.2. The van der Waals surface area contributed by atoms with Crippen LogP contribution < -0.4 is 9.46 Å². The molecule has 2 aromatic rings. The van der Waals surface area contributed by atoms with Gasteiger partial charge in [-0.15, -0.1) is 0 Å². The minimum atomic E-state index is -3.92. The third kappa shape index (κ3) is 9.93. The van der Waals surface area contributed by atoms with Crippen LogP contribution in [0.1, 0.15) is 88.1 Å². The molecule has 0 bridgehead atoms. The minimum Gasteiger partial charge on any atom is -0.490 e. The zero-order valence-corrected chi connectivity index (χ0v) is 29.4. The Hall–Kier alpha value is -3.15. The molecule has 1 aliphatic carbocycles. The summed E-state index contributed by atoms with van der Waals surface area (Å²) in [5.41, 5.74) is 1.37. The third-order valence-corrected chi connectivity index (χ3v) is 10.8. The zero-order chi connectivity index (χ0) is 34.1. The molecule has 2 aliphatic rings. The van der Waals surface area contributed by atoms with E-state index in [0.717, 1.165) is 50.5 Å². The molecule has 4 rings (SSSR count). The van der Waals surface area contributed by atoms with Crippen LogP contribution in [0, 0.1) is 18.8 Å². The summed E-state index contributed by atoms with van der Waals surface area (Å²) in [5.74, 6) is -0.0163. The van der Waals surface area contributed by atoms with Crippen LogP contribution in [0.4, 0.5) is 5.69 Å². The van der Waals surface area contributed by atoms with E-state index in [-0.39, 0.29) is 65.2 Å². The first-order chi connectivity index (χ1) is 22.4. The van der Waals surface area contributed by atoms with E-state index in [1.807, 2.05) is 27.8 Å². The van der Waals surface area contributed by atoms with Gasteiger partial charge in [-0.05, 0) is 83.2 Å². The number of aliphatic hydroxyl groups is 1. The number of benzene rings is 2. The summed E-state index contributed by atoms with van der Waals surface area (Å²) in [6.07, 6.45) is 7.04. The Morgan fingerprint density at radius 3 is 2.40 bits per heavy atom. The van der Waals surface area contributed by atoms with Crippen molar-refractivity contribution >= 4 is 27.5 Å². The smallest absolute Gasteiger partial charge is 0.261 e. The number of fused-ring (bicyclic) bond motifs is 1. The second-order valence-electron chi connectivity index (χ2n) is 13.5. The molecule has 260 valence electrons. The number of amides is 2. The fourth-order valence-electron chi connectivity index (χ4n) is 6.40. The van der Waals surface area contributed by atoms with Gasteiger partial charge in [0.25, 0.3) is 15.9 Å². The number of carbonyl (C=O) groups is 2. The largest absolute Gasteiger partial charge is 0.490 e. The monoisotopic (exact) mass is 671 g/mol. The van der Waals surface area contributed by atoms with E-state index in [4.69, 9.17) is 9.47 Å². The Kier molecular flexibility index (Phi) is 13.1. The highest BCUT2D eigenvalue weighted by Gasteiger charge is 2.32. The highest BCUT2D eigenvalue weighted by molar-refractivity contribution is 7.92. The topological polar surface area (TPSA) is 125 Å². The Morgan fingerprint density at radius 2 is 1.72 bits per heavy atom. The second kappa shape index (κ2) is 16.8. The highest BCUT2D eigenvalue weighted by Crippen LogP contribution is 2.30. The average Bonchev–Trinajstić information content (AvgIpc) is 3.06. The molecule has 0 aromatic heterocycles. The normalized spacial score (nSPS) is 22.8. The number of aliphatic hydroxyl groups excluding tert-OH is 1. The molecule has 0 spiro atoms. The molecular formula is C36H53N3O7S. The Labute approximate surface area is 280 Å². The molecule has 1 saturated carbocycles. The quantitative estimate of drug-likeness (QED) is 0.373. The van der Waals surface area contributed by atoms with Crippen molar-refractivity contribution in [1.29, 1.82) is 0 Å². The third-order valence-electron chi connectivity index (χ3n) is 9.42. The number of likely N-dealkylation sites (N-methyl/N-ethyl adjacent to an activating group) is 1. The van der Waals surface area contributed by atoms with Crippen molar-refractivity contribution in [1.82, 2.24) is 9.80 Å². The van der Waals surface area contributed by atoms with Gasteiger partial charge >= 0.3 is 0 Å².